The molecule has 5 heterocycles. The van der Waals surface area contributed by atoms with E-state index in [4.69, 9.17) is 0 Å². The number of benzene rings is 8. The van der Waals surface area contributed by atoms with Gasteiger partial charge in [-0.3, -0.25) is 14.3 Å². The number of fused-ring (bicyclic) bond motifs is 10. The lowest BCUT2D eigenvalue weighted by molar-refractivity contribution is 0.285. The quantitative estimate of drug-likeness (QED) is 0.166. The Balaban J connectivity index is 0.000000167. The topological polar surface area (TPSA) is 31.5 Å². The monoisotopic (exact) mass is 1130 g/mol. The van der Waals surface area contributed by atoms with Crippen molar-refractivity contribution in [2.24, 2.45) is 0 Å². The Hall–Kier alpha value is -7.36. The molecule has 1 unspecified atom stereocenters. The minimum Gasteiger partial charge on any atom is -0.380 e. The normalized spacial score (nSPS) is 17.2. The summed E-state index contributed by atoms with van der Waals surface area (Å²) < 4.78 is 0.933. The molecule has 0 spiro atoms. The molecular formula is C77H93N8+. The van der Waals surface area contributed by atoms with Gasteiger partial charge in [0.2, 0.25) is 0 Å². The lowest BCUT2D eigenvalue weighted by atomic mass is 9.88. The zero-order valence-corrected chi connectivity index (χ0v) is 54.6. The summed E-state index contributed by atoms with van der Waals surface area (Å²) in [6.07, 6.45) is 0. The van der Waals surface area contributed by atoms with Crippen LogP contribution in [0.1, 0.15) is 114 Å². The fraction of sp³-hybridized carbons (Fsp3) is 0.377. The van der Waals surface area contributed by atoms with Crippen LogP contribution in [0.25, 0.3) is 44.5 Å². The highest BCUT2D eigenvalue weighted by Gasteiger charge is 2.43. The predicted molar refractivity (Wildman–Crippen MR) is 365 cm³/mol. The van der Waals surface area contributed by atoms with E-state index in [9.17, 15) is 0 Å². The van der Waals surface area contributed by atoms with Crippen molar-refractivity contribution in [3.05, 3.63) is 197 Å². The third kappa shape index (κ3) is 10.5. The summed E-state index contributed by atoms with van der Waals surface area (Å²) in [6, 6.07) is 38.5. The van der Waals surface area contributed by atoms with Crippen molar-refractivity contribution in [2.45, 2.75) is 136 Å². The molecule has 2 bridgehead atoms. The maximum absolute atomic E-state index is 3.87. The van der Waals surface area contributed by atoms with Gasteiger partial charge >= 0.3 is 0 Å². The number of nitrogens with one attached hydrogen (secondary N) is 1. The summed E-state index contributed by atoms with van der Waals surface area (Å²) in [5.41, 5.74) is 44.0. The largest absolute Gasteiger partial charge is 0.380 e. The van der Waals surface area contributed by atoms with Crippen molar-refractivity contribution >= 4 is 34.1 Å². The molecule has 8 nitrogen and oxygen atoms in total. The van der Waals surface area contributed by atoms with Crippen molar-refractivity contribution < 1.29 is 0 Å². The van der Waals surface area contributed by atoms with Crippen LogP contribution in [-0.4, -0.2) is 71.1 Å². The Morgan fingerprint density at radius 1 is 0.376 bits per heavy atom. The molecule has 8 aromatic carbocycles. The third-order valence-electron chi connectivity index (χ3n) is 20.1. The van der Waals surface area contributed by atoms with Crippen LogP contribution < -0.4 is 29.4 Å². The molecule has 0 aromatic heterocycles. The Bertz CT molecular complexity index is 3970. The first-order chi connectivity index (χ1) is 40.5. The van der Waals surface area contributed by atoms with E-state index < -0.39 is 0 Å². The second-order valence-corrected chi connectivity index (χ2v) is 26.9. The van der Waals surface area contributed by atoms with Gasteiger partial charge in [0, 0.05) is 85.8 Å². The molecule has 85 heavy (non-hydrogen) atoms. The second-order valence-electron chi connectivity index (χ2n) is 26.9. The van der Waals surface area contributed by atoms with Crippen LogP contribution in [0.3, 0.4) is 0 Å². The van der Waals surface area contributed by atoms with Gasteiger partial charge in [0.1, 0.15) is 12.2 Å². The number of anilines is 5. The highest BCUT2D eigenvalue weighted by atomic mass is 15.5. The van der Waals surface area contributed by atoms with Crippen molar-refractivity contribution in [2.75, 3.05) is 86.2 Å². The molecule has 440 valence electrons. The average Bonchev–Trinajstić information content (AvgIpc) is 3.11. The molecule has 8 aromatic rings. The lowest BCUT2D eigenvalue weighted by Gasteiger charge is -2.50. The number of quaternary nitrogens is 1. The zero-order valence-electron chi connectivity index (χ0n) is 54.6. The first-order valence-corrected chi connectivity index (χ1v) is 31.4. The van der Waals surface area contributed by atoms with Crippen LogP contribution in [0.4, 0.5) is 34.1 Å². The first kappa shape index (κ1) is 58.0. The smallest absolute Gasteiger partial charge is 0.159 e. The van der Waals surface area contributed by atoms with Gasteiger partial charge in [0.05, 0.1) is 32.6 Å². The minimum absolute atomic E-state index is 0.808. The molecule has 0 amide bonds. The van der Waals surface area contributed by atoms with Gasteiger partial charge in [-0.25, -0.2) is 0 Å². The Morgan fingerprint density at radius 2 is 0.753 bits per heavy atom. The molecule has 8 heteroatoms. The SMILES string of the molecule is CCN1CN(C)Cc2cc(-c3cc(C)c4c(c3)CN(C)c3c(C)cc(-c5cc(C)c(C)c(C)c5)cc3CN4)cc(C)c21.CCN1CN(C)Cc2cc(-c3cc(C)c4c(c3)C[N+]3(C)CN4Cc4cc(-c5cc(C)c(C)c(C)c5)cc(C)c43)cc(C)c21. The summed E-state index contributed by atoms with van der Waals surface area (Å²) in [6.45, 7) is 42.4. The van der Waals surface area contributed by atoms with Crippen LogP contribution in [-0.2, 0) is 39.3 Å². The molecular weight excluding hydrogens is 1040 g/mol. The predicted octanol–water partition coefficient (Wildman–Crippen LogP) is 17.2. The van der Waals surface area contributed by atoms with Crippen LogP contribution in [0.5, 0.6) is 0 Å². The van der Waals surface area contributed by atoms with Gasteiger partial charge in [-0.15, -0.1) is 0 Å². The number of rotatable bonds is 6. The molecule has 5 aliphatic heterocycles. The van der Waals surface area contributed by atoms with E-state index in [2.05, 4.69) is 257 Å². The summed E-state index contributed by atoms with van der Waals surface area (Å²) in [5, 5.41) is 3.87. The van der Waals surface area contributed by atoms with Gasteiger partial charge in [0.15, 0.2) is 6.67 Å². The van der Waals surface area contributed by atoms with Gasteiger partial charge in [-0.2, -0.15) is 0 Å². The molecule has 0 aliphatic carbocycles. The Kier molecular flexibility index (Phi) is 15.1. The van der Waals surface area contributed by atoms with Crippen LogP contribution >= 0.6 is 0 Å². The number of aryl methyl sites for hydroxylation is 10. The standard InChI is InChI=1S/C39H47N4.C38H46N4/c1-10-41-22-40(8)19-34-16-31(13-26(4)37(34)41)32-14-27(5)38-36(18-32)21-43(9)23-42(38)20-35-17-33(15-28(6)39(35)43)30-11-24(2)29(7)25(3)12-30;1-10-42-22-40(8)20-35-18-32(15-27(6)38(35)42)30-13-25(4)36-34(17-30)21-41(9)37-26(5)14-31(16-33(37)19-39-36)29-11-23(2)28(7)24(3)12-29/h11-18H,10,19-23H2,1-9H3;11-18,39H,10,19-22H2,1-9H3/q+1;. The van der Waals surface area contributed by atoms with E-state index in [1.165, 1.54) is 179 Å². The summed E-state index contributed by atoms with van der Waals surface area (Å²) in [7, 11) is 9.15. The molecule has 0 fully saturated rings. The molecule has 1 atom stereocenters. The fourth-order valence-electron chi connectivity index (χ4n) is 16.0. The van der Waals surface area contributed by atoms with Gasteiger partial charge in [-0.05, 0) is 312 Å². The zero-order chi connectivity index (χ0) is 60.2. The highest BCUT2D eigenvalue weighted by molar-refractivity contribution is 5.82. The summed E-state index contributed by atoms with van der Waals surface area (Å²) >= 11 is 0. The third-order valence-corrected chi connectivity index (χ3v) is 20.1. The van der Waals surface area contributed by atoms with Gasteiger partial charge in [-0.1, -0.05) is 24.3 Å². The Labute approximate surface area is 509 Å². The van der Waals surface area contributed by atoms with Crippen molar-refractivity contribution in [1.29, 1.82) is 0 Å². The van der Waals surface area contributed by atoms with E-state index in [1.807, 2.05) is 0 Å². The van der Waals surface area contributed by atoms with Crippen LogP contribution in [0, 0.1) is 83.1 Å². The van der Waals surface area contributed by atoms with E-state index in [-0.39, 0.29) is 0 Å². The molecule has 0 saturated carbocycles. The van der Waals surface area contributed by atoms with Crippen molar-refractivity contribution in [3.63, 3.8) is 0 Å². The van der Waals surface area contributed by atoms with E-state index in [0.717, 1.165) is 76.8 Å². The fourth-order valence-corrected chi connectivity index (χ4v) is 16.0. The van der Waals surface area contributed by atoms with E-state index in [1.54, 1.807) is 0 Å². The first-order valence-electron chi connectivity index (χ1n) is 31.4. The highest BCUT2D eigenvalue weighted by Crippen LogP contribution is 2.48. The van der Waals surface area contributed by atoms with Crippen molar-refractivity contribution in [1.82, 2.24) is 14.3 Å². The van der Waals surface area contributed by atoms with Crippen LogP contribution in [0.15, 0.2) is 97.1 Å². The second kappa shape index (κ2) is 22.2. The van der Waals surface area contributed by atoms with E-state index >= 15 is 0 Å². The van der Waals surface area contributed by atoms with Gasteiger partial charge in [0.25, 0.3) is 0 Å². The molecule has 0 radical (unpaired) electrons. The summed E-state index contributed by atoms with van der Waals surface area (Å²) in [4.78, 5) is 14.9. The average molecular weight is 1130 g/mol. The summed E-state index contributed by atoms with van der Waals surface area (Å²) in [5.74, 6) is 0. The van der Waals surface area contributed by atoms with Gasteiger partial charge < -0.3 is 24.9 Å². The molecule has 1 N–H and O–H groups in total. The minimum atomic E-state index is 0.808. The maximum Gasteiger partial charge on any atom is 0.159 e. The number of nitrogens with zero attached hydrogens (tertiary/aromatic N) is 7. The molecule has 13 rings (SSSR count). The van der Waals surface area contributed by atoms with Crippen molar-refractivity contribution in [3.8, 4) is 44.5 Å². The molecule has 5 aliphatic rings. The van der Waals surface area contributed by atoms with Crippen LogP contribution in [0.2, 0.25) is 0 Å². The number of hydrogen-bond acceptors (Lipinski definition) is 7. The lowest BCUT2D eigenvalue weighted by Crippen LogP contribution is -2.59. The Morgan fingerprint density at radius 3 is 1.24 bits per heavy atom. The van der Waals surface area contributed by atoms with E-state index in [0.29, 0.717) is 0 Å². The number of hydrogen-bond donors (Lipinski definition) is 1. The maximum atomic E-state index is 3.87. The molecule has 0 saturated heterocycles.